The Morgan fingerprint density at radius 2 is 1.72 bits per heavy atom. The van der Waals surface area contributed by atoms with Crippen LogP contribution in [-0.4, -0.2) is 6.10 Å². The first-order chi connectivity index (χ1) is 8.86. The van der Waals surface area contributed by atoms with Crippen molar-refractivity contribution in [3.8, 4) is 0 Å². The van der Waals surface area contributed by atoms with Gasteiger partial charge in [0.25, 0.3) is 0 Å². The predicted octanol–water partition coefficient (Wildman–Crippen LogP) is 5.35. The molecule has 1 aromatic rings. The maximum atomic E-state index is 5.92. The molecule has 101 valence electrons. The number of hydrogen-bond donors (Lipinski definition) is 0. The van der Waals surface area contributed by atoms with E-state index in [1.807, 2.05) is 24.8 Å². The third-order valence-electron chi connectivity index (χ3n) is 3.19. The van der Waals surface area contributed by atoms with Crippen molar-refractivity contribution < 1.29 is 4.74 Å². The molecule has 0 amide bonds. The molecule has 0 spiro atoms. The zero-order chi connectivity index (χ0) is 13.1. The van der Waals surface area contributed by atoms with E-state index in [1.165, 1.54) is 38.5 Å². The summed E-state index contributed by atoms with van der Waals surface area (Å²) in [4.78, 5) is 0. The second-order valence-corrected chi connectivity index (χ2v) is 4.92. The van der Waals surface area contributed by atoms with Gasteiger partial charge >= 0.3 is 0 Å². The molecule has 0 saturated carbocycles. The summed E-state index contributed by atoms with van der Waals surface area (Å²) in [5.41, 5.74) is 1.16. The second kappa shape index (κ2) is 10.1. The lowest BCUT2D eigenvalue weighted by molar-refractivity contribution is 0.0963. The van der Waals surface area contributed by atoms with Crippen molar-refractivity contribution in [2.45, 2.75) is 64.9 Å². The molecule has 18 heavy (non-hydrogen) atoms. The Hall–Kier alpha value is -0.820. The highest BCUT2D eigenvalue weighted by Crippen LogP contribution is 2.15. The lowest BCUT2D eigenvalue weighted by atomic mass is 10.1. The number of rotatable bonds is 10. The predicted molar refractivity (Wildman–Crippen MR) is 78.4 cm³/mol. The molecule has 1 nitrogen and oxygen atoms in total. The van der Waals surface area contributed by atoms with Gasteiger partial charge in [0.05, 0.1) is 6.10 Å². The maximum absolute atomic E-state index is 5.92. The van der Waals surface area contributed by atoms with E-state index in [0.29, 0.717) is 6.10 Å². The van der Waals surface area contributed by atoms with Crippen molar-refractivity contribution in [2.24, 2.45) is 0 Å². The van der Waals surface area contributed by atoms with E-state index in [2.05, 4.69) is 26.0 Å². The molecule has 0 fully saturated rings. The Bertz CT molecular complexity index is 281. The topological polar surface area (TPSA) is 9.23 Å². The van der Waals surface area contributed by atoms with Gasteiger partial charge in [0.15, 0.2) is 0 Å². The van der Waals surface area contributed by atoms with E-state index < -0.39 is 0 Å². The van der Waals surface area contributed by atoms with Gasteiger partial charge in [0, 0.05) is 0 Å². The lowest BCUT2D eigenvalue weighted by Gasteiger charge is -2.16. The van der Waals surface area contributed by atoms with Gasteiger partial charge in [-0.05, 0) is 18.4 Å². The Labute approximate surface area is 113 Å². The zero-order valence-electron chi connectivity index (χ0n) is 11.9. The average molecular weight is 247 g/mol. The fourth-order valence-corrected chi connectivity index (χ4v) is 2.11. The number of benzene rings is 1. The van der Waals surface area contributed by atoms with Crippen molar-refractivity contribution in [1.29, 1.82) is 0 Å². The molecule has 0 heterocycles. The van der Waals surface area contributed by atoms with Gasteiger partial charge < -0.3 is 4.74 Å². The van der Waals surface area contributed by atoms with Crippen LogP contribution in [0.1, 0.15) is 64.4 Å². The van der Waals surface area contributed by atoms with Crippen molar-refractivity contribution in [3.63, 3.8) is 0 Å². The molecule has 0 aromatic heterocycles. The quantitative estimate of drug-likeness (QED) is 0.506. The van der Waals surface area contributed by atoms with E-state index >= 15 is 0 Å². The highest BCUT2D eigenvalue weighted by atomic mass is 16.5. The van der Waals surface area contributed by atoms with Crippen LogP contribution in [0.5, 0.6) is 0 Å². The fraction of sp³-hybridized carbons (Fsp3) is 0.588. The Kier molecular flexibility index (Phi) is 8.58. The second-order valence-electron chi connectivity index (χ2n) is 4.92. The highest BCUT2D eigenvalue weighted by molar-refractivity contribution is 5.19. The zero-order valence-corrected chi connectivity index (χ0v) is 11.9. The van der Waals surface area contributed by atoms with Crippen LogP contribution in [0.3, 0.4) is 0 Å². The van der Waals surface area contributed by atoms with Gasteiger partial charge in [0.1, 0.15) is 6.61 Å². The van der Waals surface area contributed by atoms with Gasteiger partial charge in [-0.2, -0.15) is 0 Å². The molecule has 1 radical (unpaired) electrons. The van der Waals surface area contributed by atoms with E-state index in [-0.39, 0.29) is 0 Å². The number of hydrogen-bond acceptors (Lipinski definition) is 1. The first-order valence-corrected chi connectivity index (χ1v) is 7.40. The first kappa shape index (κ1) is 15.2. The van der Waals surface area contributed by atoms with Crippen LogP contribution in [0.15, 0.2) is 30.3 Å². The molecule has 0 N–H and O–H groups in total. The third kappa shape index (κ3) is 6.80. The molecule has 1 rings (SSSR count). The van der Waals surface area contributed by atoms with Crippen molar-refractivity contribution in [2.75, 3.05) is 0 Å². The van der Waals surface area contributed by atoms with E-state index in [9.17, 15) is 0 Å². The summed E-state index contributed by atoms with van der Waals surface area (Å²) in [6.45, 7) is 6.40. The van der Waals surface area contributed by atoms with Gasteiger partial charge in [-0.25, -0.2) is 0 Å². The first-order valence-electron chi connectivity index (χ1n) is 7.40. The average Bonchev–Trinajstić information content (AvgIpc) is 2.42. The molecular formula is C17H27O. The van der Waals surface area contributed by atoms with Crippen LogP contribution in [0.4, 0.5) is 0 Å². The molecule has 1 aromatic carbocycles. The SMILES string of the molecule is CCCCCCC(CCC)O[CH]c1ccccc1. The minimum absolute atomic E-state index is 0.395. The van der Waals surface area contributed by atoms with Gasteiger partial charge in [-0.1, -0.05) is 76.3 Å². The van der Waals surface area contributed by atoms with Crippen LogP contribution in [0.25, 0.3) is 0 Å². The molecule has 1 heteroatoms. The minimum atomic E-state index is 0.395. The lowest BCUT2D eigenvalue weighted by Crippen LogP contribution is -2.11. The van der Waals surface area contributed by atoms with Crippen LogP contribution >= 0.6 is 0 Å². The van der Waals surface area contributed by atoms with Crippen LogP contribution in [0.2, 0.25) is 0 Å². The number of unbranched alkanes of at least 4 members (excludes halogenated alkanes) is 3. The normalized spacial score (nSPS) is 12.6. The molecule has 0 aliphatic rings. The molecule has 0 aliphatic heterocycles. The molecule has 1 atom stereocenters. The van der Waals surface area contributed by atoms with E-state index in [0.717, 1.165) is 12.0 Å². The van der Waals surface area contributed by atoms with Gasteiger partial charge in [-0.15, -0.1) is 0 Å². The Balaban J connectivity index is 2.24. The largest absolute Gasteiger partial charge is 0.367 e. The number of ether oxygens (including phenoxy) is 1. The summed E-state index contributed by atoms with van der Waals surface area (Å²) in [6, 6.07) is 10.3. The molecule has 0 bridgehead atoms. The summed E-state index contributed by atoms with van der Waals surface area (Å²) >= 11 is 0. The van der Waals surface area contributed by atoms with Gasteiger partial charge in [0.2, 0.25) is 0 Å². The molecular weight excluding hydrogens is 220 g/mol. The molecule has 1 unspecified atom stereocenters. The molecule has 0 saturated heterocycles. The molecule has 0 aliphatic carbocycles. The third-order valence-corrected chi connectivity index (χ3v) is 3.19. The van der Waals surface area contributed by atoms with Crippen LogP contribution in [-0.2, 0) is 4.74 Å². The fourth-order valence-electron chi connectivity index (χ4n) is 2.11. The van der Waals surface area contributed by atoms with Gasteiger partial charge in [-0.3, -0.25) is 0 Å². The standard InChI is InChI=1S/C17H27O/c1-3-5-6-10-14-17(11-4-2)18-15-16-12-8-7-9-13-16/h7-9,12-13,15,17H,3-6,10-11,14H2,1-2H3. The monoisotopic (exact) mass is 247 g/mol. The summed E-state index contributed by atoms with van der Waals surface area (Å²) in [7, 11) is 0. The maximum Gasteiger partial charge on any atom is 0.113 e. The van der Waals surface area contributed by atoms with Crippen molar-refractivity contribution in [3.05, 3.63) is 42.5 Å². The van der Waals surface area contributed by atoms with Crippen LogP contribution < -0.4 is 0 Å². The Morgan fingerprint density at radius 1 is 0.944 bits per heavy atom. The van der Waals surface area contributed by atoms with E-state index in [4.69, 9.17) is 4.74 Å². The summed E-state index contributed by atoms with van der Waals surface area (Å²) in [5, 5.41) is 0. The van der Waals surface area contributed by atoms with Crippen LogP contribution in [0, 0.1) is 6.61 Å². The minimum Gasteiger partial charge on any atom is -0.367 e. The summed E-state index contributed by atoms with van der Waals surface area (Å²) in [6.07, 6.45) is 9.23. The summed E-state index contributed by atoms with van der Waals surface area (Å²) in [5.74, 6) is 0. The van der Waals surface area contributed by atoms with Crippen molar-refractivity contribution in [1.82, 2.24) is 0 Å². The highest BCUT2D eigenvalue weighted by Gasteiger charge is 2.08. The smallest absolute Gasteiger partial charge is 0.113 e. The van der Waals surface area contributed by atoms with E-state index in [1.54, 1.807) is 0 Å². The Morgan fingerprint density at radius 3 is 2.39 bits per heavy atom. The van der Waals surface area contributed by atoms with Crippen molar-refractivity contribution >= 4 is 0 Å². The summed E-state index contributed by atoms with van der Waals surface area (Å²) < 4.78 is 5.92.